The van der Waals surface area contributed by atoms with Crippen LogP contribution < -0.4 is 0 Å². The van der Waals surface area contributed by atoms with Gasteiger partial charge in [0.15, 0.2) is 0 Å². The van der Waals surface area contributed by atoms with Crippen LogP contribution >= 0.6 is 0 Å². The van der Waals surface area contributed by atoms with Crippen LogP contribution in [0.25, 0.3) is 0 Å². The zero-order valence-electron chi connectivity index (χ0n) is 12.9. The van der Waals surface area contributed by atoms with Crippen LogP contribution in [0.4, 0.5) is 0 Å². The standard InChI is InChI=1S/C9H18O2.C6H6.Na.H2O4S.H/c1-2-3-4-5-6-7-8-9(10)11;1-2-4-6-5-3-1;;1-5(2,3)4;/h2-8H2,1H3,(H,10,11);1-6H;;(H2,1,2,3,4);. The van der Waals surface area contributed by atoms with E-state index in [-0.39, 0.29) is 29.6 Å². The SMILES string of the molecule is CCCCCCCCC(=O)O.O=S(=O)(O)O.[NaH].c1ccccc1. The molecule has 0 bridgehead atoms. The van der Waals surface area contributed by atoms with E-state index >= 15 is 0 Å². The van der Waals surface area contributed by atoms with E-state index in [0.29, 0.717) is 6.42 Å². The van der Waals surface area contributed by atoms with E-state index in [0.717, 1.165) is 12.8 Å². The fourth-order valence-electron chi connectivity index (χ4n) is 1.44. The van der Waals surface area contributed by atoms with Gasteiger partial charge in [-0.1, -0.05) is 75.4 Å². The second kappa shape index (κ2) is 19.6. The van der Waals surface area contributed by atoms with Crippen molar-refractivity contribution in [3.05, 3.63) is 36.4 Å². The van der Waals surface area contributed by atoms with Gasteiger partial charge in [0.1, 0.15) is 0 Å². The molecule has 0 aliphatic carbocycles. The number of carboxylic acids is 1. The Morgan fingerprint density at radius 3 is 1.43 bits per heavy atom. The third-order valence-electron chi connectivity index (χ3n) is 2.41. The maximum Gasteiger partial charge on any atom is -0.0623 e. The number of hydrogen-bond acceptors (Lipinski definition) is 3. The summed E-state index contributed by atoms with van der Waals surface area (Å²) in [4.78, 5) is 10.1. The van der Waals surface area contributed by atoms with Crippen LogP contribution in [0.1, 0.15) is 51.9 Å². The molecule has 8 heteroatoms. The molecule has 0 aliphatic heterocycles. The molecule has 0 saturated carbocycles. The minimum atomic E-state index is -4.67. The molecule has 0 spiro atoms. The van der Waals surface area contributed by atoms with Gasteiger partial charge in [-0.3, -0.25) is 13.9 Å². The number of benzene rings is 1. The molecule has 0 fully saturated rings. The second-order valence-corrected chi connectivity index (χ2v) is 5.41. The molecule has 1 rings (SSSR count). The van der Waals surface area contributed by atoms with Crippen LogP contribution in [0.3, 0.4) is 0 Å². The van der Waals surface area contributed by atoms with Crippen LogP contribution in [-0.4, -0.2) is 58.2 Å². The van der Waals surface area contributed by atoms with Gasteiger partial charge in [0, 0.05) is 6.42 Å². The third kappa shape index (κ3) is 44.9. The smallest absolute Gasteiger partial charge is 0.0623 e. The summed E-state index contributed by atoms with van der Waals surface area (Å²) in [7, 11) is -4.67. The Kier molecular flexibility index (Phi) is 23.4. The quantitative estimate of drug-likeness (QED) is 0.392. The molecule has 0 unspecified atom stereocenters. The van der Waals surface area contributed by atoms with Gasteiger partial charge in [-0.05, 0) is 6.42 Å². The first kappa shape index (κ1) is 27.4. The van der Waals surface area contributed by atoms with Crippen molar-refractivity contribution in [1.29, 1.82) is 0 Å². The molecule has 1 aromatic rings. The van der Waals surface area contributed by atoms with Gasteiger partial charge in [0.05, 0.1) is 0 Å². The topological polar surface area (TPSA) is 112 Å². The molecular formula is C15H27NaO6S. The number of aliphatic carboxylic acids is 1. The van der Waals surface area contributed by atoms with Crippen LogP contribution in [-0.2, 0) is 15.2 Å². The van der Waals surface area contributed by atoms with Gasteiger partial charge < -0.3 is 5.11 Å². The van der Waals surface area contributed by atoms with Crippen molar-refractivity contribution in [2.45, 2.75) is 51.9 Å². The van der Waals surface area contributed by atoms with E-state index in [2.05, 4.69) is 6.92 Å². The summed E-state index contributed by atoms with van der Waals surface area (Å²) in [6.07, 6.45) is 7.25. The molecule has 0 aliphatic rings. The molecule has 0 atom stereocenters. The molecular weight excluding hydrogens is 331 g/mol. The Balaban J connectivity index is -0.000000282. The molecule has 0 heterocycles. The molecule has 130 valence electrons. The van der Waals surface area contributed by atoms with Gasteiger partial charge in [0.2, 0.25) is 0 Å². The number of rotatable bonds is 7. The van der Waals surface area contributed by atoms with Gasteiger partial charge in [-0.2, -0.15) is 8.42 Å². The van der Waals surface area contributed by atoms with Gasteiger partial charge in [-0.15, -0.1) is 0 Å². The number of hydrogen-bond donors (Lipinski definition) is 3. The normalized spacial score (nSPS) is 9.35. The first-order valence-electron chi connectivity index (χ1n) is 7.19. The maximum atomic E-state index is 10.1. The van der Waals surface area contributed by atoms with Crippen molar-refractivity contribution in [2.24, 2.45) is 0 Å². The summed E-state index contributed by atoms with van der Waals surface area (Å²) in [6, 6.07) is 12.0. The molecule has 3 N–H and O–H groups in total. The monoisotopic (exact) mass is 358 g/mol. The van der Waals surface area contributed by atoms with Crippen molar-refractivity contribution in [2.75, 3.05) is 0 Å². The predicted molar refractivity (Wildman–Crippen MR) is 93.4 cm³/mol. The summed E-state index contributed by atoms with van der Waals surface area (Å²) in [5.41, 5.74) is 0. The van der Waals surface area contributed by atoms with E-state index in [1.165, 1.54) is 25.7 Å². The maximum absolute atomic E-state index is 10.1. The van der Waals surface area contributed by atoms with Crippen LogP contribution in [0.5, 0.6) is 0 Å². The summed E-state index contributed by atoms with van der Waals surface area (Å²) < 4.78 is 31.6. The van der Waals surface area contributed by atoms with Crippen molar-refractivity contribution in [3.63, 3.8) is 0 Å². The largest absolute Gasteiger partial charge is 0.0623 e. The fourth-order valence-corrected chi connectivity index (χ4v) is 1.44. The first-order chi connectivity index (χ1) is 10.3. The summed E-state index contributed by atoms with van der Waals surface area (Å²) >= 11 is 0. The molecule has 0 amide bonds. The van der Waals surface area contributed by atoms with Crippen LogP contribution in [0.2, 0.25) is 0 Å². The van der Waals surface area contributed by atoms with Crippen molar-refractivity contribution >= 4 is 45.9 Å². The Bertz CT molecular complexity index is 416. The van der Waals surface area contributed by atoms with Crippen LogP contribution in [0.15, 0.2) is 36.4 Å². The number of unbranched alkanes of at least 4 members (excludes halogenated alkanes) is 5. The summed E-state index contributed by atoms with van der Waals surface area (Å²) in [6.45, 7) is 2.18. The van der Waals surface area contributed by atoms with Gasteiger partial charge in [-0.25, -0.2) is 0 Å². The molecule has 0 saturated heterocycles. The van der Waals surface area contributed by atoms with Crippen LogP contribution in [0, 0.1) is 0 Å². The average Bonchev–Trinajstić information content (AvgIpc) is 2.43. The number of carboxylic acid groups (broad SMARTS) is 1. The zero-order chi connectivity index (χ0) is 17.3. The molecule has 6 nitrogen and oxygen atoms in total. The molecule has 1 aromatic carbocycles. The Hall–Kier alpha value is -0.440. The Morgan fingerprint density at radius 1 is 0.826 bits per heavy atom. The molecule has 0 radical (unpaired) electrons. The second-order valence-electron chi connectivity index (χ2n) is 4.51. The van der Waals surface area contributed by atoms with E-state index in [1.54, 1.807) is 0 Å². The first-order valence-corrected chi connectivity index (χ1v) is 8.58. The minimum Gasteiger partial charge on any atom is -0.0623 e. The average molecular weight is 358 g/mol. The Morgan fingerprint density at radius 2 is 1.13 bits per heavy atom. The van der Waals surface area contributed by atoms with E-state index in [4.69, 9.17) is 22.6 Å². The fraction of sp³-hybridized carbons (Fsp3) is 0.533. The minimum absolute atomic E-state index is 0. The molecule has 0 aromatic heterocycles. The summed E-state index contributed by atoms with van der Waals surface area (Å²) in [5, 5.41) is 8.32. The van der Waals surface area contributed by atoms with E-state index < -0.39 is 16.4 Å². The predicted octanol–water partition coefficient (Wildman–Crippen LogP) is 3.21. The van der Waals surface area contributed by atoms with Gasteiger partial charge in [0.25, 0.3) is 0 Å². The van der Waals surface area contributed by atoms with Gasteiger partial charge >= 0.3 is 45.9 Å². The Labute approximate surface area is 161 Å². The van der Waals surface area contributed by atoms with Crippen molar-refractivity contribution < 1.29 is 27.4 Å². The molecule has 23 heavy (non-hydrogen) atoms. The van der Waals surface area contributed by atoms with E-state index in [9.17, 15) is 4.79 Å². The van der Waals surface area contributed by atoms with E-state index in [1.807, 2.05) is 36.4 Å². The third-order valence-corrected chi connectivity index (χ3v) is 2.41. The van der Waals surface area contributed by atoms with Crippen molar-refractivity contribution in [3.8, 4) is 0 Å². The number of carbonyl (C=O) groups is 1. The van der Waals surface area contributed by atoms with Crippen molar-refractivity contribution in [1.82, 2.24) is 0 Å². The summed E-state index contributed by atoms with van der Waals surface area (Å²) in [5.74, 6) is -0.666. The zero-order valence-corrected chi connectivity index (χ0v) is 13.7.